The second kappa shape index (κ2) is 6.38. The molecule has 0 radical (unpaired) electrons. The third kappa shape index (κ3) is 3.49. The smallest absolute Gasteiger partial charge is 0.301 e. The van der Waals surface area contributed by atoms with E-state index in [2.05, 4.69) is 26.2 Å². The van der Waals surface area contributed by atoms with Gasteiger partial charge in [-0.25, -0.2) is 4.98 Å². The van der Waals surface area contributed by atoms with Crippen LogP contribution in [0, 0.1) is 10.1 Å². The molecule has 0 aliphatic carbocycles. The van der Waals surface area contributed by atoms with Gasteiger partial charge in [-0.3, -0.25) is 14.9 Å². The van der Waals surface area contributed by atoms with Crippen molar-refractivity contribution in [1.29, 1.82) is 0 Å². The van der Waals surface area contributed by atoms with Gasteiger partial charge >= 0.3 is 5.69 Å². The van der Waals surface area contributed by atoms with Crippen LogP contribution in [0.4, 0.5) is 11.5 Å². The Labute approximate surface area is 137 Å². The minimum Gasteiger partial charge on any atom is -0.301 e. The fourth-order valence-electron chi connectivity index (χ4n) is 1.52. The quantitative estimate of drug-likeness (QED) is 0.480. The van der Waals surface area contributed by atoms with Crippen molar-refractivity contribution in [1.82, 2.24) is 4.98 Å². The molecule has 1 amide bonds. The summed E-state index contributed by atoms with van der Waals surface area (Å²) in [5, 5.41) is 13.5. The molecule has 0 saturated heterocycles. The lowest BCUT2D eigenvalue weighted by atomic mass is 10.2. The van der Waals surface area contributed by atoms with E-state index in [1.165, 1.54) is 12.1 Å². The zero-order valence-corrected chi connectivity index (χ0v) is 13.2. The summed E-state index contributed by atoms with van der Waals surface area (Å²) < 4.78 is 0.533. The standard InChI is InChI=1S/C12H6BrCl2N3O3/c13-7-3-1-2-6(10(7)15)12(19)17-11-8(18(20)21)4-5-9(14)16-11/h1-5H,(H,16,17,19). The number of anilines is 1. The molecule has 1 aromatic heterocycles. The summed E-state index contributed by atoms with van der Waals surface area (Å²) in [7, 11) is 0. The third-order valence-corrected chi connectivity index (χ3v) is 3.97. The molecule has 2 rings (SSSR count). The van der Waals surface area contributed by atoms with Crippen molar-refractivity contribution in [2.75, 3.05) is 5.32 Å². The number of nitrogens with zero attached hydrogens (tertiary/aromatic N) is 2. The summed E-state index contributed by atoms with van der Waals surface area (Å²) >= 11 is 14.9. The summed E-state index contributed by atoms with van der Waals surface area (Å²) in [5.41, 5.74) is -0.207. The molecule has 9 heteroatoms. The van der Waals surface area contributed by atoms with Crippen molar-refractivity contribution in [3.63, 3.8) is 0 Å². The first-order valence-electron chi connectivity index (χ1n) is 5.46. The molecular weight excluding hydrogens is 385 g/mol. The first-order valence-corrected chi connectivity index (χ1v) is 7.01. The van der Waals surface area contributed by atoms with Gasteiger partial charge in [0, 0.05) is 10.5 Å². The van der Waals surface area contributed by atoms with Gasteiger partial charge in [-0.05, 0) is 34.1 Å². The number of nitrogens with one attached hydrogen (secondary N) is 1. The summed E-state index contributed by atoms with van der Waals surface area (Å²) in [6.07, 6.45) is 0. The zero-order valence-electron chi connectivity index (χ0n) is 10.1. The Hall–Kier alpha value is -1.70. The van der Waals surface area contributed by atoms with Gasteiger partial charge in [0.15, 0.2) is 0 Å². The predicted octanol–water partition coefficient (Wildman–Crippen LogP) is 4.31. The van der Waals surface area contributed by atoms with E-state index in [0.717, 1.165) is 6.07 Å². The molecular formula is C12H6BrCl2N3O3. The lowest BCUT2D eigenvalue weighted by Gasteiger charge is -2.07. The Morgan fingerprint density at radius 3 is 2.67 bits per heavy atom. The molecule has 108 valence electrons. The molecule has 21 heavy (non-hydrogen) atoms. The topological polar surface area (TPSA) is 85.1 Å². The fraction of sp³-hybridized carbons (Fsp3) is 0. The van der Waals surface area contributed by atoms with E-state index in [9.17, 15) is 14.9 Å². The van der Waals surface area contributed by atoms with Crippen LogP contribution < -0.4 is 5.32 Å². The van der Waals surface area contributed by atoms with Crippen LogP contribution in [-0.4, -0.2) is 15.8 Å². The van der Waals surface area contributed by atoms with Crippen LogP contribution in [0.25, 0.3) is 0 Å². The van der Waals surface area contributed by atoms with Crippen LogP contribution in [0.3, 0.4) is 0 Å². The molecule has 0 aliphatic rings. The van der Waals surface area contributed by atoms with Gasteiger partial charge in [0.25, 0.3) is 5.91 Å². The van der Waals surface area contributed by atoms with Gasteiger partial charge in [-0.2, -0.15) is 0 Å². The van der Waals surface area contributed by atoms with E-state index in [-0.39, 0.29) is 27.2 Å². The van der Waals surface area contributed by atoms with Gasteiger partial charge in [-0.1, -0.05) is 29.3 Å². The van der Waals surface area contributed by atoms with Crippen molar-refractivity contribution in [3.8, 4) is 0 Å². The van der Waals surface area contributed by atoms with E-state index in [4.69, 9.17) is 23.2 Å². The lowest BCUT2D eigenvalue weighted by Crippen LogP contribution is -2.15. The molecule has 0 saturated carbocycles. The zero-order chi connectivity index (χ0) is 15.6. The Bertz CT molecular complexity index is 740. The largest absolute Gasteiger partial charge is 0.311 e. The van der Waals surface area contributed by atoms with Gasteiger partial charge in [0.1, 0.15) is 5.15 Å². The van der Waals surface area contributed by atoms with E-state index in [1.54, 1.807) is 12.1 Å². The highest BCUT2D eigenvalue weighted by Gasteiger charge is 2.20. The molecule has 1 heterocycles. The Morgan fingerprint density at radius 2 is 2.00 bits per heavy atom. The Balaban J connectivity index is 2.38. The van der Waals surface area contributed by atoms with E-state index < -0.39 is 10.8 Å². The molecule has 0 fully saturated rings. The minimum atomic E-state index is -0.665. The van der Waals surface area contributed by atoms with Crippen LogP contribution in [-0.2, 0) is 0 Å². The minimum absolute atomic E-state index is 0.0243. The van der Waals surface area contributed by atoms with E-state index in [0.29, 0.717) is 4.47 Å². The highest BCUT2D eigenvalue weighted by atomic mass is 79.9. The number of amides is 1. The average Bonchev–Trinajstić information content (AvgIpc) is 2.41. The first-order chi connectivity index (χ1) is 9.90. The SMILES string of the molecule is O=C(Nc1nc(Cl)ccc1[N+](=O)[O-])c1cccc(Br)c1Cl. The molecule has 0 unspecified atom stereocenters. The van der Waals surface area contributed by atoms with Crippen LogP contribution in [0.2, 0.25) is 10.2 Å². The number of pyridine rings is 1. The molecule has 6 nitrogen and oxygen atoms in total. The molecule has 2 aromatic rings. The van der Waals surface area contributed by atoms with Crippen LogP contribution in [0.15, 0.2) is 34.8 Å². The summed E-state index contributed by atoms with van der Waals surface area (Å²) in [6, 6.07) is 7.19. The number of rotatable bonds is 3. The molecule has 0 bridgehead atoms. The van der Waals surface area contributed by atoms with Crippen LogP contribution >= 0.6 is 39.1 Å². The summed E-state index contributed by atoms with van der Waals surface area (Å²) in [5.74, 6) is -0.868. The molecule has 1 aromatic carbocycles. The molecule has 0 atom stereocenters. The molecule has 0 spiro atoms. The third-order valence-electron chi connectivity index (χ3n) is 2.46. The number of benzene rings is 1. The van der Waals surface area contributed by atoms with E-state index in [1.807, 2.05) is 0 Å². The van der Waals surface area contributed by atoms with Gasteiger partial charge in [0.05, 0.1) is 15.5 Å². The van der Waals surface area contributed by atoms with E-state index >= 15 is 0 Å². The maximum Gasteiger partial charge on any atom is 0.311 e. The number of carbonyl (C=O) groups is 1. The monoisotopic (exact) mass is 389 g/mol. The van der Waals surface area contributed by atoms with Gasteiger partial charge < -0.3 is 5.32 Å². The average molecular weight is 391 g/mol. The van der Waals surface area contributed by atoms with Crippen molar-refractivity contribution in [2.24, 2.45) is 0 Å². The molecule has 1 N–H and O–H groups in total. The Morgan fingerprint density at radius 1 is 1.29 bits per heavy atom. The van der Waals surface area contributed by atoms with Crippen molar-refractivity contribution in [2.45, 2.75) is 0 Å². The number of hydrogen-bond acceptors (Lipinski definition) is 4. The fourth-order valence-corrected chi connectivity index (χ4v) is 2.25. The predicted molar refractivity (Wildman–Crippen MR) is 83.0 cm³/mol. The highest BCUT2D eigenvalue weighted by molar-refractivity contribution is 9.10. The maximum absolute atomic E-state index is 12.2. The second-order valence-electron chi connectivity index (χ2n) is 3.81. The summed E-state index contributed by atoms with van der Waals surface area (Å²) in [4.78, 5) is 26.1. The first kappa shape index (κ1) is 15.7. The van der Waals surface area contributed by atoms with Gasteiger partial charge in [-0.15, -0.1) is 0 Å². The number of carbonyl (C=O) groups excluding carboxylic acids is 1. The van der Waals surface area contributed by atoms with Crippen molar-refractivity contribution < 1.29 is 9.72 Å². The van der Waals surface area contributed by atoms with Crippen molar-refractivity contribution >= 4 is 56.5 Å². The molecule has 0 aliphatic heterocycles. The van der Waals surface area contributed by atoms with Gasteiger partial charge in [0.2, 0.25) is 5.82 Å². The number of nitro groups is 1. The highest BCUT2D eigenvalue weighted by Crippen LogP contribution is 2.28. The van der Waals surface area contributed by atoms with Crippen LogP contribution in [0.5, 0.6) is 0 Å². The Kier molecular flexibility index (Phi) is 4.76. The second-order valence-corrected chi connectivity index (χ2v) is 5.43. The number of aromatic nitrogens is 1. The normalized spacial score (nSPS) is 10.2. The lowest BCUT2D eigenvalue weighted by molar-refractivity contribution is -0.384. The number of hydrogen-bond donors (Lipinski definition) is 1. The number of halogens is 3. The maximum atomic E-state index is 12.2. The van der Waals surface area contributed by atoms with Crippen LogP contribution in [0.1, 0.15) is 10.4 Å². The summed E-state index contributed by atoms with van der Waals surface area (Å²) in [6.45, 7) is 0. The van der Waals surface area contributed by atoms with Crippen molar-refractivity contribution in [3.05, 3.63) is 60.7 Å².